The Morgan fingerprint density at radius 2 is 1.67 bits per heavy atom. The molecule has 0 aromatic heterocycles. The molecule has 0 amide bonds. The minimum atomic E-state index is -0.178. The lowest BCUT2D eigenvalue weighted by molar-refractivity contribution is -0.0925. The Morgan fingerprint density at radius 1 is 0.923 bits per heavy atom. The van der Waals surface area contributed by atoms with Crippen molar-refractivity contribution < 1.29 is 10.2 Å². The molecule has 0 aliphatic heterocycles. The van der Waals surface area contributed by atoms with Gasteiger partial charge in [0, 0.05) is 0 Å². The summed E-state index contributed by atoms with van der Waals surface area (Å²) in [6.07, 6.45) is 22.9. The zero-order chi connectivity index (χ0) is 27.7. The van der Waals surface area contributed by atoms with Crippen LogP contribution in [0.3, 0.4) is 0 Å². The number of hydrogen-bond donors (Lipinski definition) is 2. The normalized spacial score (nSPS) is 45.8. The maximum Gasteiger partial charge on any atom is 0.0602 e. The van der Waals surface area contributed by atoms with Crippen LogP contribution in [0.5, 0.6) is 0 Å². The topological polar surface area (TPSA) is 40.5 Å². The van der Waals surface area contributed by atoms with Gasteiger partial charge in [-0.3, -0.25) is 0 Å². The van der Waals surface area contributed by atoms with Gasteiger partial charge in [-0.05, 0) is 135 Å². The predicted molar refractivity (Wildman–Crippen MR) is 164 cm³/mol. The van der Waals surface area contributed by atoms with Crippen LogP contribution in [0.2, 0.25) is 0 Å². The largest absolute Gasteiger partial charge is 0.393 e. The molecule has 5 aliphatic rings. The zero-order valence-corrected chi connectivity index (χ0v) is 26.4. The van der Waals surface area contributed by atoms with Gasteiger partial charge in [-0.15, -0.1) is 0 Å². The summed E-state index contributed by atoms with van der Waals surface area (Å²) in [6, 6.07) is 0. The number of aliphatic hydroxyl groups excluding tert-OH is 2. The fourth-order valence-electron chi connectivity index (χ4n) is 11.3. The molecule has 5 rings (SSSR count). The third-order valence-electron chi connectivity index (χ3n) is 13.2. The average molecular weight is 541 g/mol. The molecule has 2 N–H and O–H groups in total. The van der Waals surface area contributed by atoms with E-state index in [4.69, 9.17) is 0 Å². The van der Waals surface area contributed by atoms with Crippen molar-refractivity contribution in [3.05, 3.63) is 11.6 Å². The van der Waals surface area contributed by atoms with Crippen molar-refractivity contribution in [2.24, 2.45) is 71.0 Å². The van der Waals surface area contributed by atoms with Crippen molar-refractivity contribution >= 4 is 0 Å². The van der Waals surface area contributed by atoms with Crippen LogP contribution in [0.25, 0.3) is 0 Å². The molecule has 5 aliphatic carbocycles. The number of aliphatic hydroxyl groups is 2. The quantitative estimate of drug-likeness (QED) is 0.286. The predicted octanol–water partition coefficient (Wildman–Crippen LogP) is 9.44. The Hall–Kier alpha value is -0.340. The molecule has 2 nitrogen and oxygen atoms in total. The smallest absolute Gasteiger partial charge is 0.0602 e. The van der Waals surface area contributed by atoms with Crippen LogP contribution in [0, 0.1) is 71.0 Å². The fraction of sp³-hybridized carbons (Fsp3) is 0.946. The highest BCUT2D eigenvalue weighted by molar-refractivity contribution is 5.16. The molecule has 2 heteroatoms. The van der Waals surface area contributed by atoms with Gasteiger partial charge in [0.1, 0.15) is 0 Å². The molecule has 39 heavy (non-hydrogen) atoms. The first kappa shape index (κ1) is 30.1. The molecule has 4 fully saturated rings. The van der Waals surface area contributed by atoms with E-state index in [0.717, 1.165) is 48.9 Å². The summed E-state index contributed by atoms with van der Waals surface area (Å²) < 4.78 is 0. The molecule has 0 radical (unpaired) electrons. The summed E-state index contributed by atoms with van der Waals surface area (Å²) in [7, 11) is 0. The van der Waals surface area contributed by atoms with Crippen molar-refractivity contribution in [2.75, 3.05) is 0 Å². The maximum absolute atomic E-state index is 12.1. The van der Waals surface area contributed by atoms with E-state index < -0.39 is 0 Å². The molecular formula is C37H64O2. The van der Waals surface area contributed by atoms with E-state index in [2.05, 4.69) is 40.7 Å². The van der Waals surface area contributed by atoms with Crippen molar-refractivity contribution in [3.8, 4) is 0 Å². The SMILES string of the molecule is CCCC[C@H](O)C1C(C)C[C@@H]2CC(CC3CC=C(C4CCCCC4C(C)C)C3)[C@H](O)C2C1C1CCC(C)CC1. The van der Waals surface area contributed by atoms with Gasteiger partial charge in [0.2, 0.25) is 0 Å². The summed E-state index contributed by atoms with van der Waals surface area (Å²) in [5, 5.41) is 23.6. The molecule has 224 valence electrons. The molecule has 0 aromatic carbocycles. The highest BCUT2D eigenvalue weighted by Gasteiger charge is 2.56. The van der Waals surface area contributed by atoms with Crippen LogP contribution in [0.4, 0.5) is 0 Å². The van der Waals surface area contributed by atoms with E-state index in [1.54, 1.807) is 5.57 Å². The van der Waals surface area contributed by atoms with Gasteiger partial charge >= 0.3 is 0 Å². The lowest BCUT2D eigenvalue weighted by Gasteiger charge is -2.51. The zero-order valence-electron chi connectivity index (χ0n) is 26.4. The van der Waals surface area contributed by atoms with Gasteiger partial charge in [0.05, 0.1) is 12.2 Å². The third kappa shape index (κ3) is 6.53. The van der Waals surface area contributed by atoms with E-state index in [1.165, 1.54) is 83.5 Å². The number of rotatable bonds is 9. The first-order valence-electron chi connectivity index (χ1n) is 17.8. The summed E-state index contributed by atoms with van der Waals surface area (Å²) in [4.78, 5) is 0. The lowest BCUT2D eigenvalue weighted by Crippen LogP contribution is -2.49. The van der Waals surface area contributed by atoms with Crippen LogP contribution in [-0.4, -0.2) is 22.4 Å². The second-order valence-corrected chi connectivity index (χ2v) is 16.0. The number of fused-ring (bicyclic) bond motifs is 1. The van der Waals surface area contributed by atoms with E-state index in [0.29, 0.717) is 41.4 Å². The van der Waals surface area contributed by atoms with Crippen LogP contribution in [-0.2, 0) is 0 Å². The van der Waals surface area contributed by atoms with Crippen molar-refractivity contribution in [2.45, 2.75) is 150 Å². The maximum atomic E-state index is 12.1. The molecule has 0 bridgehead atoms. The summed E-state index contributed by atoms with van der Waals surface area (Å²) in [6.45, 7) is 12.0. The second-order valence-electron chi connectivity index (χ2n) is 16.0. The van der Waals surface area contributed by atoms with Crippen LogP contribution < -0.4 is 0 Å². The second kappa shape index (κ2) is 13.3. The third-order valence-corrected chi connectivity index (χ3v) is 13.2. The van der Waals surface area contributed by atoms with Gasteiger partial charge in [-0.25, -0.2) is 0 Å². The van der Waals surface area contributed by atoms with Crippen LogP contribution in [0.15, 0.2) is 11.6 Å². The van der Waals surface area contributed by atoms with Gasteiger partial charge in [-0.1, -0.05) is 84.8 Å². The number of allylic oxidation sites excluding steroid dienone is 2. The van der Waals surface area contributed by atoms with E-state index in [9.17, 15) is 10.2 Å². The van der Waals surface area contributed by atoms with Crippen molar-refractivity contribution in [3.63, 3.8) is 0 Å². The number of unbranched alkanes of at least 4 members (excludes halogenated alkanes) is 1. The first-order valence-corrected chi connectivity index (χ1v) is 17.8. The fourth-order valence-corrected chi connectivity index (χ4v) is 11.3. The Labute approximate surface area is 242 Å². The molecule has 0 heterocycles. The molecule has 0 aromatic rings. The Balaban J connectivity index is 1.27. The summed E-state index contributed by atoms with van der Waals surface area (Å²) >= 11 is 0. The van der Waals surface area contributed by atoms with Gasteiger partial charge in [-0.2, -0.15) is 0 Å². The summed E-state index contributed by atoms with van der Waals surface area (Å²) in [5.74, 6) is 7.96. The molecule has 0 spiro atoms. The minimum Gasteiger partial charge on any atom is -0.393 e. The summed E-state index contributed by atoms with van der Waals surface area (Å²) in [5.41, 5.74) is 1.80. The lowest BCUT2D eigenvalue weighted by atomic mass is 9.55. The van der Waals surface area contributed by atoms with Crippen LogP contribution in [0.1, 0.15) is 137 Å². The number of hydrogen-bond acceptors (Lipinski definition) is 2. The van der Waals surface area contributed by atoms with Crippen molar-refractivity contribution in [1.82, 2.24) is 0 Å². The van der Waals surface area contributed by atoms with Crippen LogP contribution >= 0.6 is 0 Å². The van der Waals surface area contributed by atoms with E-state index in [1.807, 2.05) is 0 Å². The Morgan fingerprint density at radius 3 is 2.38 bits per heavy atom. The highest BCUT2D eigenvalue weighted by atomic mass is 16.3. The standard InChI is InChI=1S/C37H64O2/c1-6-7-12-33(38)34-25(5)19-29-22-30(37(39)36(29)35(34)27-16-13-24(4)14-17-27)21-26-15-18-28(20-26)32-11-9-8-10-31(32)23(2)3/h18,23-27,29-39H,6-17,19-22H2,1-5H3/t24?,25?,26?,27?,29-,30?,31?,32?,33+,34?,35?,36?,37+/m1/s1. The van der Waals surface area contributed by atoms with Crippen molar-refractivity contribution in [1.29, 1.82) is 0 Å². The van der Waals surface area contributed by atoms with Gasteiger partial charge in [0.15, 0.2) is 0 Å². The molecular weight excluding hydrogens is 476 g/mol. The Kier molecular flexibility index (Phi) is 10.3. The molecule has 0 saturated heterocycles. The van der Waals surface area contributed by atoms with E-state index >= 15 is 0 Å². The Bertz CT molecular complexity index is 793. The van der Waals surface area contributed by atoms with Gasteiger partial charge < -0.3 is 10.2 Å². The van der Waals surface area contributed by atoms with E-state index in [-0.39, 0.29) is 12.2 Å². The minimum absolute atomic E-state index is 0.144. The molecule has 4 saturated carbocycles. The van der Waals surface area contributed by atoms with Gasteiger partial charge in [0.25, 0.3) is 0 Å². The monoisotopic (exact) mass is 540 g/mol. The highest BCUT2D eigenvalue weighted by Crippen LogP contribution is 2.59. The molecule has 8 unspecified atom stereocenters. The molecule has 11 atom stereocenters. The average Bonchev–Trinajstić information content (AvgIpc) is 3.51. The first-order chi connectivity index (χ1) is 18.8.